The first-order valence-corrected chi connectivity index (χ1v) is 5.99. The lowest BCUT2D eigenvalue weighted by Crippen LogP contribution is -2.44. The van der Waals surface area contributed by atoms with Gasteiger partial charge in [-0.25, -0.2) is 0 Å². The number of rotatable bonds is 3. The summed E-state index contributed by atoms with van der Waals surface area (Å²) in [5, 5.41) is 9.11. The monoisotopic (exact) mass is 250 g/mol. The van der Waals surface area contributed by atoms with Gasteiger partial charge in [-0.15, -0.1) is 0 Å². The first-order chi connectivity index (χ1) is 8.61. The minimum atomic E-state index is -0.160. The highest BCUT2D eigenvalue weighted by atomic mass is 16.5. The minimum absolute atomic E-state index is 0.0114. The fraction of sp³-hybridized carbons (Fsp3) is 0.462. The number of nitrogen functional groups attached to an aromatic ring is 1. The lowest BCUT2D eigenvalue weighted by atomic mass is 10.1. The first kappa shape index (κ1) is 12.9. The fourth-order valence-corrected chi connectivity index (χ4v) is 2.13. The Labute approximate surface area is 106 Å². The Balaban J connectivity index is 2.18. The number of carbonyl (C=O) groups is 1. The number of hydrogen-bond acceptors (Lipinski definition) is 5. The third-order valence-electron chi connectivity index (χ3n) is 3.12. The van der Waals surface area contributed by atoms with Gasteiger partial charge in [0, 0.05) is 30.0 Å². The zero-order valence-electron chi connectivity index (χ0n) is 10.4. The predicted octanol–water partition coefficient (Wildman–Crippen LogP) is 0.669. The Bertz CT molecular complexity index is 448. The van der Waals surface area contributed by atoms with Crippen LogP contribution >= 0.6 is 0 Å². The number of benzene rings is 1. The number of aliphatic hydroxyl groups excluding tert-OH is 1. The van der Waals surface area contributed by atoms with Crippen LogP contribution in [-0.2, 0) is 4.74 Å². The highest BCUT2D eigenvalue weighted by Crippen LogP contribution is 2.23. The van der Waals surface area contributed by atoms with E-state index in [4.69, 9.17) is 15.6 Å². The molecule has 1 saturated heterocycles. The van der Waals surface area contributed by atoms with Crippen molar-refractivity contribution in [3.05, 3.63) is 23.8 Å². The number of nitrogens with two attached hydrogens (primary N) is 1. The molecular formula is C13H18N2O3. The van der Waals surface area contributed by atoms with E-state index in [1.807, 2.05) is 6.07 Å². The Morgan fingerprint density at radius 3 is 3.00 bits per heavy atom. The van der Waals surface area contributed by atoms with Crippen LogP contribution in [0.3, 0.4) is 0 Å². The number of Topliss-reactive ketones (excluding diaryl/α,β-unsaturated/α-hetero) is 1. The molecule has 3 N–H and O–H groups in total. The van der Waals surface area contributed by atoms with Crippen LogP contribution in [0.4, 0.5) is 11.4 Å². The van der Waals surface area contributed by atoms with Gasteiger partial charge in [0.2, 0.25) is 0 Å². The molecule has 2 rings (SSSR count). The Morgan fingerprint density at radius 1 is 1.61 bits per heavy atom. The molecule has 1 aliphatic heterocycles. The summed E-state index contributed by atoms with van der Waals surface area (Å²) >= 11 is 0. The molecule has 1 unspecified atom stereocenters. The summed E-state index contributed by atoms with van der Waals surface area (Å²) in [6, 6.07) is 5.43. The van der Waals surface area contributed by atoms with E-state index in [0.717, 1.165) is 12.2 Å². The van der Waals surface area contributed by atoms with E-state index in [0.29, 0.717) is 24.4 Å². The summed E-state index contributed by atoms with van der Waals surface area (Å²) in [4.78, 5) is 13.4. The zero-order chi connectivity index (χ0) is 13.1. The average molecular weight is 250 g/mol. The van der Waals surface area contributed by atoms with Gasteiger partial charge in [0.05, 0.1) is 19.3 Å². The van der Waals surface area contributed by atoms with Crippen molar-refractivity contribution < 1.29 is 14.6 Å². The molecule has 1 aromatic rings. The molecule has 0 amide bonds. The second-order valence-electron chi connectivity index (χ2n) is 4.45. The van der Waals surface area contributed by atoms with Gasteiger partial charge in [-0.05, 0) is 25.1 Å². The highest BCUT2D eigenvalue weighted by Gasteiger charge is 2.20. The maximum Gasteiger partial charge on any atom is 0.161 e. The summed E-state index contributed by atoms with van der Waals surface area (Å²) in [7, 11) is 0. The summed E-state index contributed by atoms with van der Waals surface area (Å²) in [6.45, 7) is 3.49. The summed E-state index contributed by atoms with van der Waals surface area (Å²) in [6.07, 6.45) is -0.160. The van der Waals surface area contributed by atoms with Gasteiger partial charge in [0.25, 0.3) is 0 Å². The molecule has 1 aliphatic rings. The molecule has 1 atom stereocenters. The van der Waals surface area contributed by atoms with Crippen LogP contribution in [0, 0.1) is 0 Å². The van der Waals surface area contributed by atoms with Crippen molar-refractivity contribution in [2.75, 3.05) is 36.9 Å². The number of ketones is 1. The number of aliphatic hydroxyl groups is 1. The lowest BCUT2D eigenvalue weighted by Gasteiger charge is -2.34. The van der Waals surface area contributed by atoms with Gasteiger partial charge in [-0.3, -0.25) is 4.79 Å². The maximum atomic E-state index is 11.3. The maximum absolute atomic E-state index is 11.3. The largest absolute Gasteiger partial charge is 0.398 e. The van der Waals surface area contributed by atoms with Crippen molar-refractivity contribution in [3.8, 4) is 0 Å². The molecule has 1 aromatic carbocycles. The summed E-state index contributed by atoms with van der Waals surface area (Å²) in [5.41, 5.74) is 7.87. The van der Waals surface area contributed by atoms with Crippen LogP contribution in [0.2, 0.25) is 0 Å². The molecule has 18 heavy (non-hydrogen) atoms. The smallest absolute Gasteiger partial charge is 0.161 e. The molecule has 0 spiro atoms. The topological polar surface area (TPSA) is 75.8 Å². The van der Waals surface area contributed by atoms with E-state index in [1.54, 1.807) is 12.1 Å². The molecule has 0 aromatic heterocycles. The molecule has 5 heteroatoms. The van der Waals surface area contributed by atoms with Crippen LogP contribution in [0.25, 0.3) is 0 Å². The van der Waals surface area contributed by atoms with Gasteiger partial charge < -0.3 is 20.5 Å². The van der Waals surface area contributed by atoms with Crippen LogP contribution in [-0.4, -0.2) is 43.3 Å². The third kappa shape index (κ3) is 2.63. The number of morpholine rings is 1. The number of hydrogen-bond donors (Lipinski definition) is 2. The van der Waals surface area contributed by atoms with Crippen LogP contribution in [0.5, 0.6) is 0 Å². The quantitative estimate of drug-likeness (QED) is 0.609. The normalized spacial score (nSPS) is 19.9. The van der Waals surface area contributed by atoms with E-state index in [-0.39, 0.29) is 18.5 Å². The molecule has 5 nitrogen and oxygen atoms in total. The molecule has 1 heterocycles. The van der Waals surface area contributed by atoms with Crippen LogP contribution in [0.15, 0.2) is 18.2 Å². The summed E-state index contributed by atoms with van der Waals surface area (Å²) in [5.74, 6) is -0.0331. The molecule has 0 aliphatic carbocycles. The number of nitrogens with zero attached hydrogens (tertiary/aromatic N) is 1. The number of carbonyl (C=O) groups excluding carboxylic acids is 1. The van der Waals surface area contributed by atoms with Gasteiger partial charge in [-0.1, -0.05) is 0 Å². The van der Waals surface area contributed by atoms with E-state index in [9.17, 15) is 4.79 Å². The van der Waals surface area contributed by atoms with E-state index in [1.165, 1.54) is 6.92 Å². The average Bonchev–Trinajstić information content (AvgIpc) is 2.38. The van der Waals surface area contributed by atoms with Gasteiger partial charge in [0.15, 0.2) is 5.78 Å². The van der Waals surface area contributed by atoms with Crippen molar-refractivity contribution >= 4 is 17.2 Å². The van der Waals surface area contributed by atoms with E-state index >= 15 is 0 Å². The third-order valence-corrected chi connectivity index (χ3v) is 3.12. The van der Waals surface area contributed by atoms with Crippen molar-refractivity contribution in [3.63, 3.8) is 0 Å². The Kier molecular flexibility index (Phi) is 3.84. The second-order valence-corrected chi connectivity index (χ2v) is 4.45. The number of anilines is 2. The Hall–Kier alpha value is -1.59. The minimum Gasteiger partial charge on any atom is -0.398 e. The molecule has 0 saturated carbocycles. The highest BCUT2D eigenvalue weighted by molar-refractivity contribution is 5.99. The number of ether oxygens (including phenoxy) is 1. The van der Waals surface area contributed by atoms with Gasteiger partial charge in [0.1, 0.15) is 0 Å². The van der Waals surface area contributed by atoms with Crippen molar-refractivity contribution in [1.82, 2.24) is 0 Å². The van der Waals surface area contributed by atoms with E-state index < -0.39 is 0 Å². The standard InChI is InChI=1S/C13H18N2O3/c1-9(17)12-3-2-10(6-13(12)14)15-4-5-18-11(7-15)8-16/h2-3,6,11,16H,4-5,7-8,14H2,1H3. The van der Waals surface area contributed by atoms with Crippen LogP contribution in [0.1, 0.15) is 17.3 Å². The van der Waals surface area contributed by atoms with Crippen LogP contribution < -0.4 is 10.6 Å². The fourth-order valence-electron chi connectivity index (χ4n) is 2.13. The Morgan fingerprint density at radius 2 is 2.39 bits per heavy atom. The first-order valence-electron chi connectivity index (χ1n) is 5.99. The molecule has 98 valence electrons. The van der Waals surface area contributed by atoms with Crippen molar-refractivity contribution in [2.45, 2.75) is 13.0 Å². The predicted molar refractivity (Wildman–Crippen MR) is 69.9 cm³/mol. The second kappa shape index (κ2) is 5.37. The molecule has 0 bridgehead atoms. The lowest BCUT2D eigenvalue weighted by molar-refractivity contribution is 0.00357. The molecular weight excluding hydrogens is 232 g/mol. The molecule has 1 fully saturated rings. The van der Waals surface area contributed by atoms with Gasteiger partial charge >= 0.3 is 0 Å². The van der Waals surface area contributed by atoms with Gasteiger partial charge in [-0.2, -0.15) is 0 Å². The zero-order valence-corrected chi connectivity index (χ0v) is 10.4. The van der Waals surface area contributed by atoms with Crippen molar-refractivity contribution in [1.29, 1.82) is 0 Å². The SMILES string of the molecule is CC(=O)c1ccc(N2CCOC(CO)C2)cc1N. The molecule has 0 radical (unpaired) electrons. The van der Waals surface area contributed by atoms with Crippen molar-refractivity contribution in [2.24, 2.45) is 0 Å². The summed E-state index contributed by atoms with van der Waals surface area (Å²) < 4.78 is 5.39. The van der Waals surface area contributed by atoms with E-state index in [2.05, 4.69) is 4.90 Å².